The number of benzene rings is 1. The Labute approximate surface area is 107 Å². The van der Waals surface area contributed by atoms with Gasteiger partial charge in [0, 0.05) is 28.9 Å². The van der Waals surface area contributed by atoms with E-state index in [-0.39, 0.29) is 5.41 Å². The third-order valence-electron chi connectivity index (χ3n) is 3.42. The first-order chi connectivity index (χ1) is 8.47. The molecular weight excluding hydrogens is 220 g/mol. The van der Waals surface area contributed by atoms with Gasteiger partial charge in [0.1, 0.15) is 5.65 Å². The maximum absolute atomic E-state index is 4.61. The van der Waals surface area contributed by atoms with Gasteiger partial charge in [-0.2, -0.15) is 0 Å². The molecule has 0 unspecified atom stereocenters. The molecule has 0 saturated heterocycles. The van der Waals surface area contributed by atoms with Crippen LogP contribution >= 0.6 is 0 Å². The molecule has 0 fully saturated rings. The second kappa shape index (κ2) is 3.58. The van der Waals surface area contributed by atoms with Crippen molar-refractivity contribution in [2.24, 2.45) is 0 Å². The van der Waals surface area contributed by atoms with Gasteiger partial charge in [0.2, 0.25) is 0 Å². The zero-order valence-electron chi connectivity index (χ0n) is 11.4. The van der Waals surface area contributed by atoms with Crippen molar-refractivity contribution in [3.63, 3.8) is 0 Å². The van der Waals surface area contributed by atoms with Crippen molar-refractivity contribution in [1.29, 1.82) is 0 Å². The van der Waals surface area contributed by atoms with E-state index in [1.807, 2.05) is 6.20 Å². The summed E-state index contributed by atoms with van der Waals surface area (Å²) in [6.07, 6.45) is 4.12. The molecule has 0 spiro atoms. The molecule has 2 aromatic heterocycles. The highest BCUT2D eigenvalue weighted by Gasteiger charge is 2.19. The Bertz CT molecular complexity index is 730. The van der Waals surface area contributed by atoms with E-state index < -0.39 is 0 Å². The van der Waals surface area contributed by atoms with Crippen molar-refractivity contribution in [2.45, 2.75) is 33.1 Å². The molecule has 18 heavy (non-hydrogen) atoms. The Balaban J connectivity index is 2.40. The Kier molecular flexibility index (Phi) is 2.24. The predicted molar refractivity (Wildman–Crippen MR) is 76.1 cm³/mol. The molecule has 0 aliphatic carbocycles. The number of aryl methyl sites for hydroxylation is 1. The lowest BCUT2D eigenvalue weighted by Gasteiger charge is -2.17. The van der Waals surface area contributed by atoms with Gasteiger partial charge in [-0.05, 0) is 18.4 Å². The topological polar surface area (TPSA) is 17.3 Å². The van der Waals surface area contributed by atoms with Crippen molar-refractivity contribution < 1.29 is 0 Å². The van der Waals surface area contributed by atoms with E-state index in [1.54, 1.807) is 0 Å². The minimum Gasteiger partial charge on any atom is -0.303 e. The van der Waals surface area contributed by atoms with Crippen molar-refractivity contribution >= 4 is 16.4 Å². The second-order valence-electron chi connectivity index (χ2n) is 5.99. The summed E-state index contributed by atoms with van der Waals surface area (Å²) in [5, 5.41) is 2.48. The molecule has 1 aromatic carbocycles. The Hall–Kier alpha value is -1.83. The van der Waals surface area contributed by atoms with Crippen LogP contribution in [0.4, 0.5) is 0 Å². The first-order valence-electron chi connectivity index (χ1n) is 6.34. The average Bonchev–Trinajstić information content (AvgIpc) is 2.71. The van der Waals surface area contributed by atoms with Crippen LogP contribution in [0.2, 0.25) is 0 Å². The molecule has 0 aliphatic heterocycles. The van der Waals surface area contributed by atoms with Gasteiger partial charge in [0.05, 0.1) is 0 Å². The average molecular weight is 238 g/mol. The number of pyridine rings is 1. The zero-order chi connectivity index (χ0) is 12.9. The standard InChI is InChI=1S/C16H18N2/c1-11-5-6-13-12(9-11)7-8-18-14(16(2,3)4)10-17-15(13)18/h5-10H,1-4H3. The van der Waals surface area contributed by atoms with Crippen LogP contribution in [0.15, 0.2) is 36.7 Å². The zero-order valence-corrected chi connectivity index (χ0v) is 11.4. The van der Waals surface area contributed by atoms with E-state index in [4.69, 9.17) is 0 Å². The molecule has 0 amide bonds. The van der Waals surface area contributed by atoms with Crippen LogP contribution < -0.4 is 0 Å². The summed E-state index contributed by atoms with van der Waals surface area (Å²) in [7, 11) is 0. The highest BCUT2D eigenvalue weighted by atomic mass is 15.0. The van der Waals surface area contributed by atoms with Crippen LogP contribution in [0.25, 0.3) is 16.4 Å². The summed E-state index contributed by atoms with van der Waals surface area (Å²) >= 11 is 0. The van der Waals surface area contributed by atoms with Crippen LogP contribution in [0, 0.1) is 6.92 Å². The maximum Gasteiger partial charge on any atom is 0.144 e. The molecular formula is C16H18N2. The number of rotatable bonds is 0. The number of nitrogens with zero attached hydrogens (tertiary/aromatic N) is 2. The van der Waals surface area contributed by atoms with E-state index in [0.29, 0.717) is 0 Å². The molecule has 2 heterocycles. The summed E-state index contributed by atoms with van der Waals surface area (Å²) in [5.74, 6) is 0. The fraction of sp³-hybridized carbons (Fsp3) is 0.312. The molecule has 2 nitrogen and oxygen atoms in total. The number of fused-ring (bicyclic) bond motifs is 3. The van der Waals surface area contributed by atoms with Gasteiger partial charge in [-0.15, -0.1) is 0 Å². The number of hydrogen-bond acceptors (Lipinski definition) is 1. The molecule has 0 saturated carbocycles. The van der Waals surface area contributed by atoms with E-state index in [0.717, 1.165) is 5.65 Å². The highest BCUT2D eigenvalue weighted by molar-refractivity contribution is 5.94. The molecule has 3 rings (SSSR count). The lowest BCUT2D eigenvalue weighted by Crippen LogP contribution is -2.13. The summed E-state index contributed by atoms with van der Waals surface area (Å²) in [6, 6.07) is 8.69. The van der Waals surface area contributed by atoms with Gasteiger partial charge < -0.3 is 4.40 Å². The van der Waals surface area contributed by atoms with Crippen molar-refractivity contribution in [1.82, 2.24) is 9.38 Å². The van der Waals surface area contributed by atoms with Gasteiger partial charge in [-0.3, -0.25) is 0 Å². The summed E-state index contributed by atoms with van der Waals surface area (Å²) in [5.41, 5.74) is 3.70. The fourth-order valence-corrected chi connectivity index (χ4v) is 2.44. The molecule has 92 valence electrons. The third-order valence-corrected chi connectivity index (χ3v) is 3.42. The van der Waals surface area contributed by atoms with E-state index in [2.05, 4.69) is 67.5 Å². The van der Waals surface area contributed by atoms with Crippen LogP contribution in [0.3, 0.4) is 0 Å². The van der Waals surface area contributed by atoms with Crippen LogP contribution in [0.1, 0.15) is 32.0 Å². The van der Waals surface area contributed by atoms with Crippen molar-refractivity contribution in [3.8, 4) is 0 Å². The Morgan fingerprint density at radius 1 is 1.11 bits per heavy atom. The summed E-state index contributed by atoms with van der Waals surface area (Å²) < 4.78 is 2.21. The predicted octanol–water partition coefficient (Wildman–Crippen LogP) is 4.09. The van der Waals surface area contributed by atoms with E-state index >= 15 is 0 Å². The minimum absolute atomic E-state index is 0.109. The maximum atomic E-state index is 4.61. The second-order valence-corrected chi connectivity index (χ2v) is 5.99. The third kappa shape index (κ3) is 1.60. The number of aromatic nitrogens is 2. The molecule has 0 aliphatic rings. The molecule has 0 atom stereocenters. The van der Waals surface area contributed by atoms with Crippen LogP contribution in [-0.2, 0) is 5.41 Å². The first kappa shape index (κ1) is 11.3. The van der Waals surface area contributed by atoms with E-state index in [9.17, 15) is 0 Å². The van der Waals surface area contributed by atoms with Crippen molar-refractivity contribution in [3.05, 3.63) is 47.9 Å². The highest BCUT2D eigenvalue weighted by Crippen LogP contribution is 2.27. The van der Waals surface area contributed by atoms with Gasteiger partial charge in [-0.1, -0.05) is 44.5 Å². The van der Waals surface area contributed by atoms with Crippen molar-refractivity contribution in [2.75, 3.05) is 0 Å². The first-order valence-corrected chi connectivity index (χ1v) is 6.34. The SMILES string of the molecule is Cc1ccc2c(ccn3c(C(C)(C)C)cnc23)c1. The Morgan fingerprint density at radius 2 is 1.89 bits per heavy atom. The fourth-order valence-electron chi connectivity index (χ4n) is 2.44. The largest absolute Gasteiger partial charge is 0.303 e. The van der Waals surface area contributed by atoms with Crippen LogP contribution in [-0.4, -0.2) is 9.38 Å². The quantitative estimate of drug-likeness (QED) is 0.576. The molecule has 3 aromatic rings. The van der Waals surface area contributed by atoms with Gasteiger partial charge >= 0.3 is 0 Å². The smallest absolute Gasteiger partial charge is 0.144 e. The van der Waals surface area contributed by atoms with E-state index in [1.165, 1.54) is 22.0 Å². The van der Waals surface area contributed by atoms with Gasteiger partial charge in [-0.25, -0.2) is 4.98 Å². The molecule has 0 N–H and O–H groups in total. The van der Waals surface area contributed by atoms with Gasteiger partial charge in [0.15, 0.2) is 0 Å². The lowest BCUT2D eigenvalue weighted by atomic mass is 9.93. The monoisotopic (exact) mass is 238 g/mol. The lowest BCUT2D eigenvalue weighted by molar-refractivity contribution is 0.564. The molecule has 2 heteroatoms. The molecule has 0 radical (unpaired) electrons. The minimum atomic E-state index is 0.109. The van der Waals surface area contributed by atoms with Crippen LogP contribution in [0.5, 0.6) is 0 Å². The normalized spacial score (nSPS) is 12.4. The number of imidazole rings is 1. The molecule has 0 bridgehead atoms. The Morgan fingerprint density at radius 3 is 2.61 bits per heavy atom. The van der Waals surface area contributed by atoms with Gasteiger partial charge in [0.25, 0.3) is 0 Å². The number of hydrogen-bond donors (Lipinski definition) is 0. The summed E-state index contributed by atoms with van der Waals surface area (Å²) in [4.78, 5) is 4.61. The summed E-state index contributed by atoms with van der Waals surface area (Å²) in [6.45, 7) is 8.77.